The Bertz CT molecular complexity index is 505. The molecule has 0 spiro atoms. The number of halogens is 1. The van der Waals surface area contributed by atoms with E-state index in [2.05, 4.69) is 10.3 Å². The van der Waals surface area contributed by atoms with Crippen molar-refractivity contribution >= 4 is 0 Å². The molecule has 0 radical (unpaired) electrons. The Kier molecular flexibility index (Phi) is 3.54. The van der Waals surface area contributed by atoms with Gasteiger partial charge in [0.25, 0.3) is 0 Å². The smallest absolute Gasteiger partial charge is 0.150 e. The van der Waals surface area contributed by atoms with E-state index in [1.165, 1.54) is 0 Å². The van der Waals surface area contributed by atoms with Crippen molar-refractivity contribution in [1.29, 1.82) is 0 Å². The van der Waals surface area contributed by atoms with Crippen LogP contribution in [0.25, 0.3) is 5.69 Å². The lowest BCUT2D eigenvalue weighted by atomic mass is 10.2. The van der Waals surface area contributed by atoms with E-state index in [1.807, 2.05) is 19.2 Å². The van der Waals surface area contributed by atoms with Gasteiger partial charge < -0.3 is 9.88 Å². The lowest BCUT2D eigenvalue weighted by molar-refractivity contribution is 0.609. The van der Waals surface area contributed by atoms with E-state index in [9.17, 15) is 4.39 Å². The van der Waals surface area contributed by atoms with Gasteiger partial charge in [-0.25, -0.2) is 9.37 Å². The summed E-state index contributed by atoms with van der Waals surface area (Å²) in [6.45, 7) is 5.40. The van der Waals surface area contributed by atoms with Gasteiger partial charge in [0.2, 0.25) is 0 Å². The Morgan fingerprint density at radius 3 is 3.00 bits per heavy atom. The zero-order valence-electron chi connectivity index (χ0n) is 10.1. The van der Waals surface area contributed by atoms with Gasteiger partial charge in [-0.15, -0.1) is 0 Å². The van der Waals surface area contributed by atoms with Gasteiger partial charge in [0, 0.05) is 12.7 Å². The summed E-state index contributed by atoms with van der Waals surface area (Å²) in [5, 5.41) is 3.19. The highest BCUT2D eigenvalue weighted by Crippen LogP contribution is 2.16. The molecule has 0 aliphatic carbocycles. The van der Waals surface area contributed by atoms with Crippen LogP contribution in [0.2, 0.25) is 0 Å². The summed E-state index contributed by atoms with van der Waals surface area (Å²) < 4.78 is 15.6. The number of nitrogens with zero attached hydrogens (tertiary/aromatic N) is 2. The molecule has 0 amide bonds. The summed E-state index contributed by atoms with van der Waals surface area (Å²) in [6, 6.07) is 5.36. The van der Waals surface area contributed by atoms with Crippen LogP contribution < -0.4 is 5.32 Å². The largest absolute Gasteiger partial charge is 0.311 e. The number of aromatic nitrogens is 2. The van der Waals surface area contributed by atoms with Crippen molar-refractivity contribution < 1.29 is 4.39 Å². The lowest BCUT2D eigenvalue weighted by Gasteiger charge is -2.05. The molecule has 17 heavy (non-hydrogen) atoms. The fourth-order valence-corrected chi connectivity index (χ4v) is 1.67. The minimum absolute atomic E-state index is 0.195. The molecule has 0 saturated carbocycles. The Balaban J connectivity index is 2.27. The molecule has 0 bridgehead atoms. The summed E-state index contributed by atoms with van der Waals surface area (Å²) >= 11 is 0. The van der Waals surface area contributed by atoms with Crippen LogP contribution in [0.4, 0.5) is 4.39 Å². The van der Waals surface area contributed by atoms with E-state index in [4.69, 9.17) is 0 Å². The number of hydrogen-bond acceptors (Lipinski definition) is 2. The fraction of sp³-hybridized carbons (Fsp3) is 0.308. The number of hydrogen-bond donors (Lipinski definition) is 1. The van der Waals surface area contributed by atoms with E-state index in [0.717, 1.165) is 12.2 Å². The number of imidazole rings is 1. The zero-order valence-corrected chi connectivity index (χ0v) is 10.1. The third-order valence-corrected chi connectivity index (χ3v) is 2.64. The third kappa shape index (κ3) is 2.53. The maximum Gasteiger partial charge on any atom is 0.150 e. The van der Waals surface area contributed by atoms with E-state index in [0.29, 0.717) is 17.8 Å². The Hall–Kier alpha value is -1.68. The predicted octanol–water partition coefficient (Wildman–Crippen LogP) is 2.43. The first kappa shape index (κ1) is 11.8. The molecule has 0 fully saturated rings. The highest BCUT2D eigenvalue weighted by Gasteiger charge is 2.07. The average molecular weight is 233 g/mol. The molecule has 0 unspecified atom stereocenters. The van der Waals surface area contributed by atoms with Gasteiger partial charge in [-0.3, -0.25) is 0 Å². The first-order valence-corrected chi connectivity index (χ1v) is 5.71. The van der Waals surface area contributed by atoms with Crippen LogP contribution >= 0.6 is 0 Å². The maximum absolute atomic E-state index is 13.9. The number of nitrogens with one attached hydrogen (secondary N) is 1. The first-order chi connectivity index (χ1) is 8.22. The SMILES string of the molecule is CCNCc1cn(-c2cccc(C)c2F)cn1. The van der Waals surface area contributed by atoms with Crippen molar-refractivity contribution in [2.24, 2.45) is 0 Å². The lowest BCUT2D eigenvalue weighted by Crippen LogP contribution is -2.11. The third-order valence-electron chi connectivity index (χ3n) is 2.64. The van der Waals surface area contributed by atoms with Gasteiger partial charge in [-0.05, 0) is 25.1 Å². The van der Waals surface area contributed by atoms with Crippen LogP contribution in [-0.2, 0) is 6.54 Å². The van der Waals surface area contributed by atoms with Gasteiger partial charge in [0.1, 0.15) is 5.82 Å². The van der Waals surface area contributed by atoms with Crippen molar-refractivity contribution in [3.8, 4) is 5.69 Å². The number of aryl methyl sites for hydroxylation is 1. The van der Waals surface area contributed by atoms with Crippen LogP contribution in [-0.4, -0.2) is 16.1 Å². The van der Waals surface area contributed by atoms with Crippen LogP contribution in [0.15, 0.2) is 30.7 Å². The molecule has 1 aromatic heterocycles. The fourth-order valence-electron chi connectivity index (χ4n) is 1.67. The molecule has 0 saturated heterocycles. The second-order valence-corrected chi connectivity index (χ2v) is 3.96. The molecule has 0 atom stereocenters. The minimum Gasteiger partial charge on any atom is -0.311 e. The van der Waals surface area contributed by atoms with Crippen molar-refractivity contribution in [1.82, 2.24) is 14.9 Å². The van der Waals surface area contributed by atoms with E-state index < -0.39 is 0 Å². The van der Waals surface area contributed by atoms with Crippen molar-refractivity contribution in [3.63, 3.8) is 0 Å². The molecular weight excluding hydrogens is 217 g/mol. The van der Waals surface area contributed by atoms with Gasteiger partial charge >= 0.3 is 0 Å². The van der Waals surface area contributed by atoms with E-state index in [1.54, 1.807) is 30.0 Å². The average Bonchev–Trinajstić information content (AvgIpc) is 2.78. The van der Waals surface area contributed by atoms with Gasteiger partial charge in [-0.2, -0.15) is 0 Å². The van der Waals surface area contributed by atoms with Crippen LogP contribution in [0.3, 0.4) is 0 Å². The summed E-state index contributed by atoms with van der Waals surface area (Å²) in [6.07, 6.45) is 3.49. The van der Waals surface area contributed by atoms with Gasteiger partial charge in [0.15, 0.2) is 0 Å². The van der Waals surface area contributed by atoms with Crippen molar-refractivity contribution in [2.75, 3.05) is 6.54 Å². The molecule has 1 N–H and O–H groups in total. The van der Waals surface area contributed by atoms with Gasteiger partial charge in [0.05, 0.1) is 17.7 Å². The number of rotatable bonds is 4. The highest BCUT2D eigenvalue weighted by molar-refractivity contribution is 5.37. The molecule has 0 aliphatic heterocycles. The topological polar surface area (TPSA) is 29.9 Å². The van der Waals surface area contributed by atoms with E-state index >= 15 is 0 Å². The van der Waals surface area contributed by atoms with Crippen LogP contribution in [0.1, 0.15) is 18.2 Å². The quantitative estimate of drug-likeness (QED) is 0.879. The molecular formula is C13H16FN3. The van der Waals surface area contributed by atoms with Crippen molar-refractivity contribution in [2.45, 2.75) is 20.4 Å². The monoisotopic (exact) mass is 233 g/mol. The second kappa shape index (κ2) is 5.10. The normalized spacial score (nSPS) is 10.8. The molecule has 90 valence electrons. The molecule has 2 aromatic rings. The van der Waals surface area contributed by atoms with Crippen LogP contribution in [0, 0.1) is 12.7 Å². The molecule has 4 heteroatoms. The summed E-state index contributed by atoms with van der Waals surface area (Å²) in [5.74, 6) is -0.195. The number of benzene rings is 1. The maximum atomic E-state index is 13.9. The Morgan fingerprint density at radius 2 is 2.24 bits per heavy atom. The summed E-state index contributed by atoms with van der Waals surface area (Å²) in [5.41, 5.74) is 2.09. The first-order valence-electron chi connectivity index (χ1n) is 5.71. The van der Waals surface area contributed by atoms with Gasteiger partial charge in [-0.1, -0.05) is 19.1 Å². The zero-order chi connectivity index (χ0) is 12.3. The standard InChI is InChI=1S/C13H16FN3/c1-3-15-7-11-8-17(9-16-11)12-6-4-5-10(2)13(12)14/h4-6,8-9,15H,3,7H2,1-2H3. The second-order valence-electron chi connectivity index (χ2n) is 3.96. The Labute approximate surface area is 100 Å². The van der Waals surface area contributed by atoms with E-state index in [-0.39, 0.29) is 5.82 Å². The molecule has 0 aliphatic rings. The molecule has 1 heterocycles. The molecule has 2 rings (SSSR count). The van der Waals surface area contributed by atoms with Crippen molar-refractivity contribution in [3.05, 3.63) is 47.8 Å². The molecule has 1 aromatic carbocycles. The molecule has 3 nitrogen and oxygen atoms in total. The highest BCUT2D eigenvalue weighted by atomic mass is 19.1. The summed E-state index contributed by atoms with van der Waals surface area (Å²) in [4.78, 5) is 4.23. The minimum atomic E-state index is -0.195. The summed E-state index contributed by atoms with van der Waals surface area (Å²) in [7, 11) is 0. The Morgan fingerprint density at radius 1 is 1.41 bits per heavy atom. The predicted molar refractivity (Wildman–Crippen MR) is 65.6 cm³/mol. The van der Waals surface area contributed by atoms with Crippen LogP contribution in [0.5, 0.6) is 0 Å².